The molecule has 3 heteroatoms. The summed E-state index contributed by atoms with van der Waals surface area (Å²) in [6, 6.07) is 0. The van der Waals surface area contributed by atoms with E-state index >= 15 is 0 Å². The molecule has 2 unspecified atom stereocenters. The van der Waals surface area contributed by atoms with Gasteiger partial charge in [0.15, 0.2) is 0 Å². The summed E-state index contributed by atoms with van der Waals surface area (Å²) in [5.41, 5.74) is 0. The van der Waals surface area contributed by atoms with E-state index in [0.717, 1.165) is 25.7 Å². The van der Waals surface area contributed by atoms with E-state index in [4.69, 9.17) is 6.42 Å². The van der Waals surface area contributed by atoms with Crippen LogP contribution in [-0.2, 0) is 15.6 Å². The molecule has 2 atom stereocenters. The fraction of sp³-hybridized carbons (Fsp3) is 0.750. The highest BCUT2D eigenvalue weighted by molar-refractivity contribution is 7.86. The molecular formula is C12H16O2S. The van der Waals surface area contributed by atoms with E-state index in [1.54, 1.807) is 0 Å². The first-order chi connectivity index (χ1) is 7.22. The van der Waals surface area contributed by atoms with Crippen LogP contribution in [0.4, 0.5) is 0 Å². The van der Waals surface area contributed by atoms with Crippen LogP contribution in [0.15, 0.2) is 0 Å². The fourth-order valence-corrected chi connectivity index (χ4v) is 4.82. The van der Waals surface area contributed by atoms with Crippen molar-refractivity contribution < 1.29 is 9.00 Å². The average Bonchev–Trinajstić information content (AvgIpc) is 2.49. The quantitative estimate of drug-likeness (QED) is 0.683. The molecule has 2 heterocycles. The molecule has 2 fully saturated rings. The molecule has 2 saturated heterocycles. The standard InChI is InChI=1S/C12H16O2S/c1-2-3-4-12(13)9-7-10-5-6-11(8-9)15(10)14/h1,9-11H,3-8H2. The van der Waals surface area contributed by atoms with Crippen molar-refractivity contribution in [2.45, 2.75) is 49.0 Å². The van der Waals surface area contributed by atoms with Gasteiger partial charge in [-0.3, -0.25) is 9.00 Å². The molecule has 2 aliphatic rings. The van der Waals surface area contributed by atoms with Crippen LogP contribution in [0.1, 0.15) is 38.5 Å². The second-order valence-electron chi connectivity index (χ2n) is 4.49. The lowest BCUT2D eigenvalue weighted by Crippen LogP contribution is -2.32. The molecule has 0 aromatic heterocycles. The molecule has 0 saturated carbocycles. The summed E-state index contributed by atoms with van der Waals surface area (Å²) in [5.74, 6) is 2.94. The van der Waals surface area contributed by atoms with Crippen LogP contribution in [0, 0.1) is 18.3 Å². The highest BCUT2D eigenvalue weighted by Gasteiger charge is 2.42. The van der Waals surface area contributed by atoms with Crippen LogP contribution in [0.3, 0.4) is 0 Å². The third kappa shape index (κ3) is 2.15. The van der Waals surface area contributed by atoms with E-state index in [2.05, 4.69) is 5.92 Å². The van der Waals surface area contributed by atoms with Crippen molar-refractivity contribution >= 4 is 16.6 Å². The number of ketones is 1. The van der Waals surface area contributed by atoms with Crippen LogP contribution >= 0.6 is 0 Å². The predicted molar refractivity (Wildman–Crippen MR) is 60.8 cm³/mol. The fourth-order valence-electron chi connectivity index (χ4n) is 2.69. The first-order valence-electron chi connectivity index (χ1n) is 5.58. The Labute approximate surface area is 93.3 Å². The first-order valence-corrected chi connectivity index (χ1v) is 6.85. The zero-order valence-electron chi connectivity index (χ0n) is 8.78. The Morgan fingerprint density at radius 2 is 1.93 bits per heavy atom. The summed E-state index contributed by atoms with van der Waals surface area (Å²) in [6.45, 7) is 0. The van der Waals surface area contributed by atoms with Crippen molar-refractivity contribution in [1.82, 2.24) is 0 Å². The predicted octanol–water partition coefficient (Wildman–Crippen LogP) is 1.66. The van der Waals surface area contributed by atoms with Crippen molar-refractivity contribution in [3.05, 3.63) is 0 Å². The molecule has 0 N–H and O–H groups in total. The van der Waals surface area contributed by atoms with Crippen molar-refractivity contribution in [1.29, 1.82) is 0 Å². The molecule has 2 aliphatic heterocycles. The lowest BCUT2D eigenvalue weighted by molar-refractivity contribution is -0.123. The number of carbonyl (C=O) groups excluding carboxylic acids is 1. The van der Waals surface area contributed by atoms with Crippen molar-refractivity contribution in [2.24, 2.45) is 5.92 Å². The van der Waals surface area contributed by atoms with Crippen LogP contribution < -0.4 is 0 Å². The van der Waals surface area contributed by atoms with Gasteiger partial charge in [-0.2, -0.15) is 0 Å². The third-order valence-corrected chi connectivity index (χ3v) is 5.70. The lowest BCUT2D eigenvalue weighted by Gasteiger charge is -2.26. The van der Waals surface area contributed by atoms with E-state index in [9.17, 15) is 9.00 Å². The second kappa shape index (κ2) is 4.49. The molecule has 0 amide bonds. The number of hydrogen-bond donors (Lipinski definition) is 0. The summed E-state index contributed by atoms with van der Waals surface area (Å²) in [6.07, 6.45) is 9.98. The molecule has 0 aromatic rings. The Kier molecular flexibility index (Phi) is 3.25. The number of terminal acetylenes is 1. The molecule has 0 aromatic carbocycles. The zero-order chi connectivity index (χ0) is 10.8. The van der Waals surface area contributed by atoms with Crippen LogP contribution in [-0.4, -0.2) is 20.5 Å². The number of rotatable bonds is 3. The Balaban J connectivity index is 1.94. The van der Waals surface area contributed by atoms with E-state index in [1.165, 1.54) is 0 Å². The summed E-state index contributed by atoms with van der Waals surface area (Å²) in [5, 5.41) is 0.590. The van der Waals surface area contributed by atoms with Crippen molar-refractivity contribution in [3.63, 3.8) is 0 Å². The Morgan fingerprint density at radius 3 is 2.47 bits per heavy atom. The molecule has 2 rings (SSSR count). The second-order valence-corrected chi connectivity index (χ2v) is 6.48. The van der Waals surface area contributed by atoms with Gasteiger partial charge in [-0.05, 0) is 25.7 Å². The average molecular weight is 224 g/mol. The van der Waals surface area contributed by atoms with Gasteiger partial charge in [0, 0.05) is 40.1 Å². The summed E-state index contributed by atoms with van der Waals surface area (Å²) in [4.78, 5) is 11.8. The molecule has 2 nitrogen and oxygen atoms in total. The maximum absolute atomic E-state index is 11.8. The lowest BCUT2D eigenvalue weighted by atomic mass is 9.92. The summed E-state index contributed by atoms with van der Waals surface area (Å²) >= 11 is 0. The van der Waals surface area contributed by atoms with Gasteiger partial charge in [-0.25, -0.2) is 0 Å². The Hall–Kier alpha value is -0.620. The van der Waals surface area contributed by atoms with E-state index in [-0.39, 0.29) is 5.92 Å². The van der Waals surface area contributed by atoms with Crippen LogP contribution in [0.25, 0.3) is 0 Å². The number of Topliss-reactive ketones (excluding diaryl/α,β-unsaturated/α-hetero) is 1. The van der Waals surface area contributed by atoms with Gasteiger partial charge >= 0.3 is 0 Å². The summed E-state index contributed by atoms with van der Waals surface area (Å²) in [7, 11) is -0.654. The smallest absolute Gasteiger partial charge is 0.137 e. The number of fused-ring (bicyclic) bond motifs is 2. The monoisotopic (exact) mass is 224 g/mol. The third-order valence-electron chi connectivity index (χ3n) is 3.53. The van der Waals surface area contributed by atoms with E-state index in [0.29, 0.717) is 29.1 Å². The topological polar surface area (TPSA) is 34.1 Å². The van der Waals surface area contributed by atoms with Crippen LogP contribution in [0.2, 0.25) is 0 Å². The minimum absolute atomic E-state index is 0.147. The van der Waals surface area contributed by atoms with Gasteiger partial charge in [0.2, 0.25) is 0 Å². The molecule has 15 heavy (non-hydrogen) atoms. The van der Waals surface area contributed by atoms with E-state index < -0.39 is 10.8 Å². The highest BCUT2D eigenvalue weighted by atomic mass is 32.2. The zero-order valence-corrected chi connectivity index (χ0v) is 9.59. The maximum atomic E-state index is 11.8. The molecule has 0 radical (unpaired) electrons. The highest BCUT2D eigenvalue weighted by Crippen LogP contribution is 2.39. The molecule has 0 spiro atoms. The SMILES string of the molecule is C#CCCC(=O)C1CC2CCC(C1)S2=O. The largest absolute Gasteiger partial charge is 0.299 e. The number of hydrogen-bond acceptors (Lipinski definition) is 2. The minimum atomic E-state index is -0.654. The minimum Gasteiger partial charge on any atom is -0.299 e. The molecule has 0 aliphatic carbocycles. The summed E-state index contributed by atoms with van der Waals surface area (Å²) < 4.78 is 11.7. The van der Waals surface area contributed by atoms with Gasteiger partial charge in [0.1, 0.15) is 5.78 Å². The van der Waals surface area contributed by atoms with E-state index in [1.807, 2.05) is 0 Å². The first kappa shape index (κ1) is 10.9. The van der Waals surface area contributed by atoms with Gasteiger partial charge in [-0.15, -0.1) is 12.3 Å². The maximum Gasteiger partial charge on any atom is 0.137 e. The Morgan fingerprint density at radius 1 is 1.33 bits per heavy atom. The van der Waals surface area contributed by atoms with Crippen LogP contribution in [0.5, 0.6) is 0 Å². The van der Waals surface area contributed by atoms with Gasteiger partial charge < -0.3 is 0 Å². The van der Waals surface area contributed by atoms with Gasteiger partial charge in [-0.1, -0.05) is 0 Å². The molecule has 82 valence electrons. The molecule has 2 bridgehead atoms. The van der Waals surface area contributed by atoms with Gasteiger partial charge in [0.25, 0.3) is 0 Å². The molecular weight excluding hydrogens is 208 g/mol. The van der Waals surface area contributed by atoms with Gasteiger partial charge in [0.05, 0.1) is 0 Å². The van der Waals surface area contributed by atoms with Crippen molar-refractivity contribution in [2.75, 3.05) is 0 Å². The number of carbonyl (C=O) groups is 1. The Bertz CT molecular complexity index is 313. The normalized spacial score (nSPS) is 38.6. The van der Waals surface area contributed by atoms with Crippen molar-refractivity contribution in [3.8, 4) is 12.3 Å².